The predicted molar refractivity (Wildman–Crippen MR) is 105 cm³/mol. The van der Waals surface area contributed by atoms with E-state index in [0.29, 0.717) is 36.0 Å². The van der Waals surface area contributed by atoms with Gasteiger partial charge in [0.25, 0.3) is 0 Å². The third-order valence-electron chi connectivity index (χ3n) is 4.58. The van der Waals surface area contributed by atoms with Crippen LogP contribution in [0.4, 0.5) is 15.1 Å². The van der Waals surface area contributed by atoms with E-state index in [1.165, 1.54) is 0 Å². The highest BCUT2D eigenvalue weighted by molar-refractivity contribution is 6.31. The van der Waals surface area contributed by atoms with Crippen LogP contribution in [0.3, 0.4) is 0 Å². The van der Waals surface area contributed by atoms with Gasteiger partial charge in [0, 0.05) is 30.4 Å². The lowest BCUT2D eigenvalue weighted by Gasteiger charge is -2.28. The van der Waals surface area contributed by atoms with Gasteiger partial charge in [-0.05, 0) is 36.1 Å². The van der Waals surface area contributed by atoms with Crippen molar-refractivity contribution in [3.05, 3.63) is 51.8 Å². The largest absolute Gasteiger partial charge is 0.394 e. The van der Waals surface area contributed by atoms with E-state index < -0.39 is 6.67 Å². The van der Waals surface area contributed by atoms with Crippen LogP contribution in [0, 0.1) is 0 Å². The number of halogens is 2. The van der Waals surface area contributed by atoms with Crippen molar-refractivity contribution in [1.82, 2.24) is 20.2 Å². The zero-order valence-electron chi connectivity index (χ0n) is 15.6. The number of hydrogen-bond acceptors (Lipinski definition) is 5. The van der Waals surface area contributed by atoms with Crippen molar-refractivity contribution in [3.63, 3.8) is 0 Å². The lowest BCUT2D eigenvalue weighted by molar-refractivity contribution is 0.191. The standard InChI is InChI=1S/C19H23ClFN5O2/c1-12(11-27)24-18-22-9-15-4-5-26(10-17(15)25-18)19(28)23-8-14-3-2-13(7-21)6-16(14)20/h2-3,6,9,12,27H,4-5,7-8,10-11H2,1H3,(H,23,28)(H,22,24,25)/t12-/m0/s1. The van der Waals surface area contributed by atoms with Crippen molar-refractivity contribution in [2.75, 3.05) is 18.5 Å². The number of carbonyl (C=O) groups is 1. The number of nitrogens with zero attached hydrogens (tertiary/aromatic N) is 3. The number of aliphatic hydroxyl groups excluding tert-OH is 1. The molecule has 0 saturated heterocycles. The molecule has 2 heterocycles. The van der Waals surface area contributed by atoms with Gasteiger partial charge in [-0.25, -0.2) is 19.2 Å². The fourth-order valence-corrected chi connectivity index (χ4v) is 3.18. The molecule has 2 amide bonds. The maximum Gasteiger partial charge on any atom is 0.318 e. The molecule has 9 heteroatoms. The normalized spacial score (nSPS) is 14.4. The molecule has 0 aliphatic carbocycles. The summed E-state index contributed by atoms with van der Waals surface area (Å²) < 4.78 is 12.7. The van der Waals surface area contributed by atoms with E-state index in [1.807, 2.05) is 6.92 Å². The SMILES string of the molecule is C[C@@H](CO)Nc1ncc2c(n1)CN(C(=O)NCc1ccc(CF)cc1Cl)CC2. The number of carbonyl (C=O) groups excluding carboxylic acids is 1. The van der Waals surface area contributed by atoms with E-state index in [4.69, 9.17) is 16.7 Å². The summed E-state index contributed by atoms with van der Waals surface area (Å²) in [7, 11) is 0. The van der Waals surface area contributed by atoms with Gasteiger partial charge in [-0.1, -0.05) is 23.7 Å². The third kappa shape index (κ3) is 4.88. The molecule has 2 aromatic rings. The molecule has 1 atom stereocenters. The number of alkyl halides is 1. The summed E-state index contributed by atoms with van der Waals surface area (Å²) in [6.45, 7) is 2.43. The second kappa shape index (κ2) is 9.16. The molecule has 0 saturated carbocycles. The van der Waals surface area contributed by atoms with Gasteiger partial charge < -0.3 is 20.6 Å². The molecule has 1 aliphatic rings. The van der Waals surface area contributed by atoms with Crippen molar-refractivity contribution in [1.29, 1.82) is 0 Å². The number of urea groups is 1. The van der Waals surface area contributed by atoms with Gasteiger partial charge in [-0.15, -0.1) is 0 Å². The van der Waals surface area contributed by atoms with Crippen molar-refractivity contribution < 1.29 is 14.3 Å². The molecule has 7 nitrogen and oxygen atoms in total. The van der Waals surface area contributed by atoms with Gasteiger partial charge in [0.15, 0.2) is 0 Å². The Labute approximate surface area is 167 Å². The van der Waals surface area contributed by atoms with Crippen LogP contribution < -0.4 is 10.6 Å². The number of anilines is 1. The third-order valence-corrected chi connectivity index (χ3v) is 4.94. The van der Waals surface area contributed by atoms with Crippen LogP contribution in [-0.2, 0) is 26.2 Å². The van der Waals surface area contributed by atoms with E-state index in [2.05, 4.69) is 20.6 Å². The molecule has 3 rings (SSSR count). The summed E-state index contributed by atoms with van der Waals surface area (Å²) in [4.78, 5) is 23.0. The molecule has 150 valence electrons. The molecule has 0 unspecified atom stereocenters. The first kappa shape index (κ1) is 20.3. The van der Waals surface area contributed by atoms with Crippen LogP contribution in [0.5, 0.6) is 0 Å². The molecule has 0 fully saturated rings. The number of fused-ring (bicyclic) bond motifs is 1. The van der Waals surface area contributed by atoms with E-state index in [-0.39, 0.29) is 25.2 Å². The zero-order chi connectivity index (χ0) is 20.1. The first-order chi connectivity index (χ1) is 13.5. The number of benzene rings is 1. The van der Waals surface area contributed by atoms with Crippen molar-refractivity contribution >= 4 is 23.6 Å². The average Bonchev–Trinajstić information content (AvgIpc) is 2.71. The fraction of sp³-hybridized carbons (Fsp3) is 0.421. The molecular weight excluding hydrogens is 385 g/mol. The molecule has 1 aromatic heterocycles. The molecule has 1 aliphatic heterocycles. The number of nitrogens with one attached hydrogen (secondary N) is 2. The Morgan fingerprint density at radius 1 is 1.46 bits per heavy atom. The lowest BCUT2D eigenvalue weighted by atomic mass is 10.1. The fourth-order valence-electron chi connectivity index (χ4n) is 2.91. The predicted octanol–water partition coefficient (Wildman–Crippen LogP) is 2.66. The second-order valence-corrected chi connectivity index (χ2v) is 7.19. The maximum atomic E-state index is 12.7. The van der Waals surface area contributed by atoms with Gasteiger partial charge in [0.05, 0.1) is 18.8 Å². The highest BCUT2D eigenvalue weighted by atomic mass is 35.5. The minimum Gasteiger partial charge on any atom is -0.394 e. The average molecular weight is 408 g/mol. The van der Waals surface area contributed by atoms with Crippen LogP contribution in [-0.4, -0.2) is 45.2 Å². The Bertz CT molecular complexity index is 851. The number of aromatic nitrogens is 2. The minimum absolute atomic E-state index is 0.0240. The summed E-state index contributed by atoms with van der Waals surface area (Å²) in [5.74, 6) is 0.433. The number of amides is 2. The zero-order valence-corrected chi connectivity index (χ0v) is 16.3. The Morgan fingerprint density at radius 2 is 2.29 bits per heavy atom. The Hall–Kier alpha value is -2.45. The summed E-state index contributed by atoms with van der Waals surface area (Å²) in [5.41, 5.74) is 3.04. The van der Waals surface area contributed by atoms with Gasteiger partial charge in [0.2, 0.25) is 5.95 Å². The summed E-state index contributed by atoms with van der Waals surface area (Å²) in [5, 5.41) is 15.4. The van der Waals surface area contributed by atoms with Gasteiger partial charge in [-0.2, -0.15) is 0 Å². The molecular formula is C19H23ClFN5O2. The van der Waals surface area contributed by atoms with E-state index in [9.17, 15) is 9.18 Å². The van der Waals surface area contributed by atoms with E-state index in [0.717, 1.165) is 16.8 Å². The molecule has 0 bridgehead atoms. The minimum atomic E-state index is -0.574. The quantitative estimate of drug-likeness (QED) is 0.685. The monoisotopic (exact) mass is 407 g/mol. The van der Waals surface area contributed by atoms with E-state index >= 15 is 0 Å². The first-order valence-corrected chi connectivity index (χ1v) is 9.46. The topological polar surface area (TPSA) is 90.4 Å². The number of hydrogen-bond donors (Lipinski definition) is 3. The maximum absolute atomic E-state index is 12.7. The van der Waals surface area contributed by atoms with Crippen molar-refractivity contribution in [3.8, 4) is 0 Å². The summed E-state index contributed by atoms with van der Waals surface area (Å²) in [6.07, 6.45) is 2.43. The van der Waals surface area contributed by atoms with Crippen LogP contribution in [0.25, 0.3) is 0 Å². The lowest BCUT2D eigenvalue weighted by Crippen LogP contribution is -2.43. The van der Waals surface area contributed by atoms with Crippen molar-refractivity contribution in [2.45, 2.75) is 39.2 Å². The molecule has 0 spiro atoms. The Morgan fingerprint density at radius 3 is 3.00 bits per heavy atom. The van der Waals surface area contributed by atoms with Gasteiger partial charge in [0.1, 0.15) is 6.67 Å². The Kier molecular flexibility index (Phi) is 6.64. The first-order valence-electron chi connectivity index (χ1n) is 9.08. The number of rotatable bonds is 6. The van der Waals surface area contributed by atoms with Crippen LogP contribution >= 0.6 is 11.6 Å². The molecule has 0 radical (unpaired) electrons. The summed E-state index contributed by atoms with van der Waals surface area (Å²) in [6, 6.07) is 4.57. The smallest absolute Gasteiger partial charge is 0.318 e. The number of aliphatic hydroxyl groups is 1. The molecule has 3 N–H and O–H groups in total. The Balaban J connectivity index is 1.61. The van der Waals surface area contributed by atoms with Gasteiger partial charge >= 0.3 is 6.03 Å². The molecule has 1 aromatic carbocycles. The van der Waals surface area contributed by atoms with Gasteiger partial charge in [-0.3, -0.25) is 0 Å². The highest BCUT2D eigenvalue weighted by Gasteiger charge is 2.22. The molecule has 28 heavy (non-hydrogen) atoms. The van der Waals surface area contributed by atoms with Crippen molar-refractivity contribution in [2.24, 2.45) is 0 Å². The second-order valence-electron chi connectivity index (χ2n) is 6.78. The van der Waals surface area contributed by atoms with Crippen LogP contribution in [0.1, 0.15) is 29.3 Å². The van der Waals surface area contributed by atoms with Crippen LogP contribution in [0.2, 0.25) is 5.02 Å². The van der Waals surface area contributed by atoms with Crippen LogP contribution in [0.15, 0.2) is 24.4 Å². The highest BCUT2D eigenvalue weighted by Crippen LogP contribution is 2.20. The summed E-state index contributed by atoms with van der Waals surface area (Å²) >= 11 is 6.14. The van der Waals surface area contributed by atoms with E-state index in [1.54, 1.807) is 29.3 Å².